The van der Waals surface area contributed by atoms with E-state index in [-0.39, 0.29) is 12.2 Å². The van der Waals surface area contributed by atoms with Crippen LogP contribution < -0.4 is 0 Å². The van der Waals surface area contributed by atoms with Gasteiger partial charge < -0.3 is 14.7 Å². The van der Waals surface area contributed by atoms with E-state index in [4.69, 9.17) is 9.63 Å². The fourth-order valence-corrected chi connectivity index (χ4v) is 1.71. The second kappa shape index (κ2) is 4.69. The van der Waals surface area contributed by atoms with E-state index in [0.717, 1.165) is 0 Å². The van der Waals surface area contributed by atoms with Crippen LogP contribution in [0.15, 0.2) is 41.1 Å². The Morgan fingerprint density at radius 3 is 2.82 bits per heavy atom. The number of hydrogen-bond acceptors (Lipinski definition) is 4. The van der Waals surface area contributed by atoms with Crippen molar-refractivity contribution in [3.63, 3.8) is 0 Å². The summed E-state index contributed by atoms with van der Waals surface area (Å²) in [5, 5.41) is 22.1. The predicted octanol–water partition coefficient (Wildman–Crippen LogP) is 1.99. The maximum Gasteiger partial charge on any atom is 0.304 e. The van der Waals surface area contributed by atoms with E-state index in [1.165, 1.54) is 18.4 Å². The summed E-state index contributed by atoms with van der Waals surface area (Å²) in [7, 11) is 0. The lowest BCUT2D eigenvalue weighted by molar-refractivity contribution is -0.137. The van der Waals surface area contributed by atoms with Gasteiger partial charge in [0.15, 0.2) is 0 Å². The highest BCUT2D eigenvalue weighted by Crippen LogP contribution is 2.28. The third-order valence-corrected chi connectivity index (χ3v) is 2.47. The van der Waals surface area contributed by atoms with E-state index in [1.54, 1.807) is 18.2 Å². The van der Waals surface area contributed by atoms with Gasteiger partial charge in [0.1, 0.15) is 12.0 Å². The number of aromatic hydroxyl groups is 1. The highest BCUT2D eigenvalue weighted by atomic mass is 16.5. The van der Waals surface area contributed by atoms with Gasteiger partial charge in [-0.05, 0) is 17.7 Å². The van der Waals surface area contributed by atoms with E-state index in [1.807, 2.05) is 0 Å². The summed E-state index contributed by atoms with van der Waals surface area (Å²) < 4.78 is 4.72. The number of aromatic nitrogens is 1. The summed E-state index contributed by atoms with van der Waals surface area (Å²) in [6.07, 6.45) is 1.29. The van der Waals surface area contributed by atoms with Crippen LogP contribution in [-0.2, 0) is 4.79 Å². The van der Waals surface area contributed by atoms with E-state index in [9.17, 15) is 9.90 Å². The summed E-state index contributed by atoms with van der Waals surface area (Å²) in [5.41, 5.74) is 1.24. The van der Waals surface area contributed by atoms with Gasteiger partial charge in [-0.1, -0.05) is 17.3 Å². The number of rotatable bonds is 4. The molecular formula is C12H11NO4. The number of aliphatic carboxylic acids is 1. The van der Waals surface area contributed by atoms with Crippen LogP contribution in [0.3, 0.4) is 0 Å². The molecule has 2 rings (SSSR count). The molecule has 0 unspecified atom stereocenters. The molecule has 1 heterocycles. The standard InChI is InChI=1S/C12H11NO4/c14-9-3-1-2-8(6-9)10(7-12(15)16)11-4-5-17-13-11/h1-6,10,14H,7H2,(H,15,16)/t10-/m1/s1. The minimum Gasteiger partial charge on any atom is -0.508 e. The van der Waals surface area contributed by atoms with Crippen molar-refractivity contribution >= 4 is 5.97 Å². The molecule has 0 saturated heterocycles. The lowest BCUT2D eigenvalue weighted by Crippen LogP contribution is -2.08. The molecule has 5 nitrogen and oxygen atoms in total. The Morgan fingerprint density at radius 1 is 1.41 bits per heavy atom. The average Bonchev–Trinajstić information content (AvgIpc) is 2.79. The maximum atomic E-state index is 10.8. The van der Waals surface area contributed by atoms with Crippen molar-refractivity contribution in [2.75, 3.05) is 0 Å². The number of phenols is 1. The normalized spacial score (nSPS) is 12.2. The third kappa shape index (κ3) is 2.63. The second-order valence-electron chi connectivity index (χ2n) is 3.67. The second-order valence-corrected chi connectivity index (χ2v) is 3.67. The zero-order valence-corrected chi connectivity index (χ0v) is 8.91. The fourth-order valence-electron chi connectivity index (χ4n) is 1.71. The van der Waals surface area contributed by atoms with Gasteiger partial charge in [0.25, 0.3) is 0 Å². The maximum absolute atomic E-state index is 10.8. The first-order chi connectivity index (χ1) is 8.16. The smallest absolute Gasteiger partial charge is 0.304 e. The lowest BCUT2D eigenvalue weighted by atomic mass is 9.92. The van der Waals surface area contributed by atoms with Gasteiger partial charge in [0, 0.05) is 12.0 Å². The molecule has 0 aliphatic heterocycles. The Hall–Kier alpha value is -2.30. The van der Waals surface area contributed by atoms with E-state index in [0.29, 0.717) is 11.3 Å². The van der Waals surface area contributed by atoms with Crippen molar-refractivity contribution in [2.24, 2.45) is 0 Å². The minimum absolute atomic E-state index is 0.0985. The van der Waals surface area contributed by atoms with Crippen molar-refractivity contribution < 1.29 is 19.5 Å². The number of carbonyl (C=O) groups is 1. The summed E-state index contributed by atoms with van der Waals surface area (Å²) in [6.45, 7) is 0. The molecule has 1 atom stereocenters. The van der Waals surface area contributed by atoms with Crippen LogP contribution in [0.2, 0.25) is 0 Å². The first-order valence-electron chi connectivity index (χ1n) is 5.08. The topological polar surface area (TPSA) is 83.6 Å². The van der Waals surface area contributed by atoms with E-state index in [2.05, 4.69) is 5.16 Å². The van der Waals surface area contributed by atoms with Gasteiger partial charge in [-0.15, -0.1) is 0 Å². The molecule has 88 valence electrons. The summed E-state index contributed by atoms with van der Waals surface area (Å²) in [5.74, 6) is -1.25. The Labute approximate surface area is 97.3 Å². The Bertz CT molecular complexity index is 507. The monoisotopic (exact) mass is 233 g/mol. The van der Waals surface area contributed by atoms with Crippen molar-refractivity contribution in [2.45, 2.75) is 12.3 Å². The van der Waals surface area contributed by atoms with Gasteiger partial charge in [0.05, 0.1) is 12.1 Å². The van der Waals surface area contributed by atoms with Crippen molar-refractivity contribution in [3.8, 4) is 5.75 Å². The quantitative estimate of drug-likeness (QED) is 0.843. The average molecular weight is 233 g/mol. The number of carboxylic acids is 1. The van der Waals surface area contributed by atoms with Crippen LogP contribution in [-0.4, -0.2) is 21.3 Å². The molecule has 0 radical (unpaired) electrons. The molecule has 0 spiro atoms. The first-order valence-corrected chi connectivity index (χ1v) is 5.08. The van der Waals surface area contributed by atoms with Crippen LogP contribution in [0.5, 0.6) is 5.75 Å². The largest absolute Gasteiger partial charge is 0.508 e. The number of nitrogens with zero attached hydrogens (tertiary/aromatic N) is 1. The van der Waals surface area contributed by atoms with Crippen LogP contribution in [0.1, 0.15) is 23.6 Å². The SMILES string of the molecule is O=C(O)C[C@H](c1cccc(O)c1)c1ccon1. The van der Waals surface area contributed by atoms with Crippen LogP contribution in [0.4, 0.5) is 0 Å². The fraction of sp³-hybridized carbons (Fsp3) is 0.167. The van der Waals surface area contributed by atoms with Gasteiger partial charge in [-0.25, -0.2) is 0 Å². The molecule has 2 N–H and O–H groups in total. The van der Waals surface area contributed by atoms with Crippen LogP contribution in [0, 0.1) is 0 Å². The Morgan fingerprint density at radius 2 is 2.24 bits per heavy atom. The highest BCUT2D eigenvalue weighted by Gasteiger charge is 2.20. The summed E-state index contributed by atoms with van der Waals surface area (Å²) in [6, 6.07) is 8.10. The number of carboxylic acid groups (broad SMARTS) is 1. The lowest BCUT2D eigenvalue weighted by Gasteiger charge is -2.12. The number of hydrogen-bond donors (Lipinski definition) is 2. The number of benzene rings is 1. The molecule has 2 aromatic rings. The Kier molecular flexibility index (Phi) is 3.09. The summed E-state index contributed by atoms with van der Waals surface area (Å²) in [4.78, 5) is 10.8. The highest BCUT2D eigenvalue weighted by molar-refractivity contribution is 5.68. The van der Waals surface area contributed by atoms with Gasteiger partial charge in [-0.3, -0.25) is 4.79 Å². The zero-order chi connectivity index (χ0) is 12.3. The van der Waals surface area contributed by atoms with Gasteiger partial charge >= 0.3 is 5.97 Å². The van der Waals surface area contributed by atoms with Crippen molar-refractivity contribution in [1.29, 1.82) is 0 Å². The molecule has 0 aliphatic carbocycles. The predicted molar refractivity (Wildman–Crippen MR) is 58.7 cm³/mol. The zero-order valence-electron chi connectivity index (χ0n) is 8.91. The molecular weight excluding hydrogens is 222 g/mol. The van der Waals surface area contributed by atoms with Crippen LogP contribution in [0.25, 0.3) is 0 Å². The molecule has 0 bridgehead atoms. The molecule has 0 fully saturated rings. The van der Waals surface area contributed by atoms with Gasteiger partial charge in [-0.2, -0.15) is 0 Å². The summed E-state index contributed by atoms with van der Waals surface area (Å²) >= 11 is 0. The third-order valence-electron chi connectivity index (χ3n) is 2.47. The molecule has 1 aromatic heterocycles. The molecule has 5 heteroatoms. The van der Waals surface area contributed by atoms with Crippen molar-refractivity contribution in [1.82, 2.24) is 5.16 Å². The minimum atomic E-state index is -0.929. The molecule has 17 heavy (non-hydrogen) atoms. The number of phenolic OH excluding ortho intramolecular Hbond substituents is 1. The van der Waals surface area contributed by atoms with Crippen molar-refractivity contribution in [3.05, 3.63) is 47.9 Å². The molecule has 0 saturated carbocycles. The van der Waals surface area contributed by atoms with Crippen LogP contribution >= 0.6 is 0 Å². The molecule has 0 aliphatic rings. The van der Waals surface area contributed by atoms with E-state index >= 15 is 0 Å². The van der Waals surface area contributed by atoms with E-state index < -0.39 is 11.9 Å². The van der Waals surface area contributed by atoms with Gasteiger partial charge in [0.2, 0.25) is 0 Å². The Balaban J connectivity index is 2.36. The molecule has 1 aromatic carbocycles. The molecule has 0 amide bonds. The first kappa shape index (κ1) is 11.2.